The number of fused-ring (bicyclic) bond motifs is 1. The van der Waals surface area contributed by atoms with Gasteiger partial charge in [0.05, 0.1) is 17.3 Å². The normalized spacial score (nSPS) is 13.9. The average Bonchev–Trinajstić information content (AvgIpc) is 3.13. The summed E-state index contributed by atoms with van der Waals surface area (Å²) in [6, 6.07) is 39.6. The van der Waals surface area contributed by atoms with Crippen LogP contribution in [0.25, 0.3) is 11.3 Å². The highest BCUT2D eigenvalue weighted by Gasteiger charge is 2.34. The van der Waals surface area contributed by atoms with Crippen LogP contribution in [0.5, 0.6) is 11.5 Å². The summed E-state index contributed by atoms with van der Waals surface area (Å²) in [5, 5.41) is 0. The molecule has 0 saturated heterocycles. The predicted molar refractivity (Wildman–Crippen MR) is 185 cm³/mol. The van der Waals surface area contributed by atoms with Crippen LogP contribution in [0.1, 0.15) is 50.6 Å². The molecule has 0 bridgehead atoms. The SMILES string of the molecule is Cc1cccnc1-c1ccc2c(c1)CCC(c1cccnc1)N2C(=O)c1ccc(OCc2ccccc2)cc1OCc1ccccc1. The Hall–Kier alpha value is -5.75. The number of carbonyl (C=O) groups excluding carboxylic acids is 1. The molecule has 0 spiro atoms. The van der Waals surface area contributed by atoms with Crippen molar-refractivity contribution in [1.29, 1.82) is 0 Å². The van der Waals surface area contributed by atoms with Crippen molar-refractivity contribution < 1.29 is 14.3 Å². The van der Waals surface area contributed by atoms with E-state index < -0.39 is 0 Å². The second-order valence-electron chi connectivity index (χ2n) is 11.7. The topological polar surface area (TPSA) is 64.6 Å². The molecule has 6 nitrogen and oxygen atoms in total. The quantitative estimate of drug-likeness (QED) is 0.162. The van der Waals surface area contributed by atoms with Crippen LogP contribution in [0.3, 0.4) is 0 Å². The smallest absolute Gasteiger partial charge is 0.262 e. The fraction of sp³-hybridized carbons (Fsp3) is 0.146. The third kappa shape index (κ3) is 6.63. The maximum atomic E-state index is 14.9. The Morgan fingerprint density at radius 3 is 2.26 bits per heavy atom. The van der Waals surface area contributed by atoms with Crippen molar-refractivity contribution in [3.63, 3.8) is 0 Å². The van der Waals surface area contributed by atoms with Gasteiger partial charge >= 0.3 is 0 Å². The van der Waals surface area contributed by atoms with Gasteiger partial charge in [-0.15, -0.1) is 0 Å². The van der Waals surface area contributed by atoms with Crippen LogP contribution in [-0.2, 0) is 19.6 Å². The molecule has 1 unspecified atom stereocenters. The first-order valence-corrected chi connectivity index (χ1v) is 15.9. The standard InChI is InChI=1S/C41H35N3O3/c1-29-10-8-23-43-40(29)33-17-21-37-32(24-33)16-20-38(34-15-9-22-42-26-34)44(37)41(45)36-19-18-35(46-27-30-11-4-2-5-12-30)25-39(36)47-28-31-13-6-3-7-14-31/h2-15,17-19,21-26,38H,16,20,27-28H2,1H3. The number of pyridine rings is 2. The van der Waals surface area contributed by atoms with Gasteiger partial charge in [-0.25, -0.2) is 0 Å². The molecule has 1 amide bonds. The molecule has 47 heavy (non-hydrogen) atoms. The zero-order chi connectivity index (χ0) is 32.0. The number of hydrogen-bond acceptors (Lipinski definition) is 5. The molecule has 0 radical (unpaired) electrons. The molecular formula is C41H35N3O3. The number of aryl methyl sites for hydroxylation is 2. The van der Waals surface area contributed by atoms with E-state index in [0.717, 1.165) is 57.6 Å². The second kappa shape index (κ2) is 13.7. The maximum Gasteiger partial charge on any atom is 0.262 e. The summed E-state index contributed by atoms with van der Waals surface area (Å²) in [7, 11) is 0. The molecule has 1 atom stereocenters. The van der Waals surface area contributed by atoms with Gasteiger partial charge in [-0.2, -0.15) is 0 Å². The second-order valence-corrected chi connectivity index (χ2v) is 11.7. The average molecular weight is 618 g/mol. The third-order valence-electron chi connectivity index (χ3n) is 8.58. The number of hydrogen-bond donors (Lipinski definition) is 0. The van der Waals surface area contributed by atoms with E-state index in [9.17, 15) is 4.79 Å². The number of benzene rings is 4. The van der Waals surface area contributed by atoms with Crippen molar-refractivity contribution in [2.24, 2.45) is 0 Å². The lowest BCUT2D eigenvalue weighted by atomic mass is 9.89. The molecule has 0 N–H and O–H groups in total. The fourth-order valence-corrected chi connectivity index (χ4v) is 6.18. The highest BCUT2D eigenvalue weighted by atomic mass is 16.5. The summed E-state index contributed by atoms with van der Waals surface area (Å²) < 4.78 is 12.6. The van der Waals surface area contributed by atoms with Crippen LogP contribution in [0.15, 0.2) is 140 Å². The Bertz CT molecular complexity index is 1980. The van der Waals surface area contributed by atoms with Crippen LogP contribution in [0, 0.1) is 6.92 Å². The summed E-state index contributed by atoms with van der Waals surface area (Å²) in [6.45, 7) is 2.80. The van der Waals surface area contributed by atoms with Crippen molar-refractivity contribution in [3.05, 3.63) is 173 Å². The molecule has 0 aliphatic carbocycles. The molecule has 4 aromatic carbocycles. The molecule has 1 aliphatic rings. The van der Waals surface area contributed by atoms with E-state index in [2.05, 4.69) is 41.2 Å². The lowest BCUT2D eigenvalue weighted by Crippen LogP contribution is -2.38. The molecule has 0 fully saturated rings. The summed E-state index contributed by atoms with van der Waals surface area (Å²) in [5.41, 5.74) is 8.62. The molecule has 1 aliphatic heterocycles. The van der Waals surface area contributed by atoms with E-state index in [1.54, 1.807) is 6.20 Å². The Morgan fingerprint density at radius 1 is 0.787 bits per heavy atom. The van der Waals surface area contributed by atoms with Crippen LogP contribution in [0.2, 0.25) is 0 Å². The van der Waals surface area contributed by atoms with E-state index >= 15 is 0 Å². The number of anilines is 1. The van der Waals surface area contributed by atoms with Crippen molar-refractivity contribution in [1.82, 2.24) is 9.97 Å². The summed E-state index contributed by atoms with van der Waals surface area (Å²) in [5.74, 6) is 0.966. The van der Waals surface area contributed by atoms with Crippen molar-refractivity contribution in [2.75, 3.05) is 4.90 Å². The van der Waals surface area contributed by atoms with Gasteiger partial charge < -0.3 is 14.4 Å². The van der Waals surface area contributed by atoms with E-state index in [-0.39, 0.29) is 11.9 Å². The van der Waals surface area contributed by atoms with Gasteiger partial charge in [-0.05, 0) is 84.0 Å². The highest BCUT2D eigenvalue weighted by Crippen LogP contribution is 2.42. The molecule has 6 aromatic rings. The number of nitrogens with zero attached hydrogens (tertiary/aromatic N) is 3. The molecule has 232 valence electrons. The van der Waals surface area contributed by atoms with E-state index in [1.165, 1.54) is 0 Å². The van der Waals surface area contributed by atoms with Gasteiger partial charge in [0.25, 0.3) is 5.91 Å². The molecule has 7 rings (SSSR count). The van der Waals surface area contributed by atoms with Gasteiger partial charge in [0.15, 0.2) is 0 Å². The largest absolute Gasteiger partial charge is 0.489 e. The van der Waals surface area contributed by atoms with Crippen LogP contribution < -0.4 is 14.4 Å². The van der Waals surface area contributed by atoms with Gasteiger partial charge in [-0.3, -0.25) is 14.8 Å². The van der Waals surface area contributed by atoms with Gasteiger partial charge in [-0.1, -0.05) is 78.9 Å². The van der Waals surface area contributed by atoms with Crippen molar-refractivity contribution >= 4 is 11.6 Å². The van der Waals surface area contributed by atoms with Crippen LogP contribution in [-0.4, -0.2) is 15.9 Å². The molecule has 0 saturated carbocycles. The monoisotopic (exact) mass is 617 g/mol. The lowest BCUT2D eigenvalue weighted by Gasteiger charge is -2.38. The van der Waals surface area contributed by atoms with Gasteiger partial charge in [0.1, 0.15) is 24.7 Å². The molecule has 6 heteroatoms. The summed E-state index contributed by atoms with van der Waals surface area (Å²) in [4.78, 5) is 25.8. The number of ether oxygens (including phenoxy) is 2. The minimum Gasteiger partial charge on any atom is -0.489 e. The lowest BCUT2D eigenvalue weighted by molar-refractivity contribution is 0.0968. The van der Waals surface area contributed by atoms with E-state index in [0.29, 0.717) is 30.3 Å². The predicted octanol–water partition coefficient (Wildman–Crippen LogP) is 8.94. The van der Waals surface area contributed by atoms with E-state index in [4.69, 9.17) is 9.47 Å². The Balaban J connectivity index is 1.27. The molecule has 2 aromatic heterocycles. The first kappa shape index (κ1) is 29.9. The van der Waals surface area contributed by atoms with Gasteiger partial charge in [0.2, 0.25) is 0 Å². The van der Waals surface area contributed by atoms with E-state index in [1.807, 2.05) is 114 Å². The minimum absolute atomic E-state index is 0.140. The zero-order valence-corrected chi connectivity index (χ0v) is 26.3. The van der Waals surface area contributed by atoms with Crippen molar-refractivity contribution in [2.45, 2.75) is 39.0 Å². The first-order chi connectivity index (χ1) is 23.1. The minimum atomic E-state index is -0.192. The number of carbonyl (C=O) groups is 1. The van der Waals surface area contributed by atoms with Crippen LogP contribution in [0.4, 0.5) is 5.69 Å². The highest BCUT2D eigenvalue weighted by molar-refractivity contribution is 6.09. The zero-order valence-electron chi connectivity index (χ0n) is 26.3. The number of rotatable bonds is 9. The fourth-order valence-electron chi connectivity index (χ4n) is 6.18. The Morgan fingerprint density at radius 2 is 1.53 bits per heavy atom. The Kier molecular flexibility index (Phi) is 8.73. The number of amides is 1. The summed E-state index contributed by atoms with van der Waals surface area (Å²) in [6.07, 6.45) is 7.02. The molecule has 3 heterocycles. The first-order valence-electron chi connectivity index (χ1n) is 15.9. The Labute approximate surface area is 275 Å². The van der Waals surface area contributed by atoms with Gasteiger partial charge in [0, 0.05) is 35.9 Å². The molecular weight excluding hydrogens is 582 g/mol. The third-order valence-corrected chi connectivity index (χ3v) is 8.58. The number of aromatic nitrogens is 2. The summed E-state index contributed by atoms with van der Waals surface area (Å²) >= 11 is 0. The van der Waals surface area contributed by atoms with Crippen molar-refractivity contribution in [3.8, 4) is 22.8 Å². The maximum absolute atomic E-state index is 14.9. The van der Waals surface area contributed by atoms with Crippen LogP contribution >= 0.6 is 0 Å².